The minimum Gasteiger partial charge on any atom is -0.491 e. The lowest BCUT2D eigenvalue weighted by atomic mass is 9.95. The van der Waals surface area contributed by atoms with Crippen molar-refractivity contribution in [3.05, 3.63) is 64.5 Å². The van der Waals surface area contributed by atoms with Gasteiger partial charge in [0.1, 0.15) is 17.7 Å². The molecule has 0 aromatic heterocycles. The Morgan fingerprint density at radius 2 is 1.67 bits per heavy atom. The average Bonchev–Trinajstić information content (AvgIpc) is 2.37. The van der Waals surface area contributed by atoms with Crippen LogP contribution < -0.4 is 4.74 Å². The summed E-state index contributed by atoms with van der Waals surface area (Å²) in [4.78, 5) is 0. The molecule has 1 unspecified atom stereocenters. The predicted molar refractivity (Wildman–Crippen MR) is 82.1 cm³/mol. The molecule has 2 nitrogen and oxygen atoms in total. The SMILES string of the molecule is Cc1cc(C)c(C(O)c2ccc(OC(C)C)cc2)c(F)c1. The number of aryl methyl sites for hydroxylation is 2. The van der Waals surface area contributed by atoms with Gasteiger partial charge in [-0.25, -0.2) is 4.39 Å². The summed E-state index contributed by atoms with van der Waals surface area (Å²) in [6.07, 6.45) is -0.878. The van der Waals surface area contributed by atoms with E-state index < -0.39 is 6.10 Å². The fraction of sp³-hybridized carbons (Fsp3) is 0.333. The lowest BCUT2D eigenvalue weighted by Crippen LogP contribution is -2.07. The number of aliphatic hydroxyl groups is 1. The van der Waals surface area contributed by atoms with E-state index in [-0.39, 0.29) is 11.9 Å². The molecular weight excluding hydrogens is 267 g/mol. The summed E-state index contributed by atoms with van der Waals surface area (Å²) in [5.41, 5.74) is 2.58. The van der Waals surface area contributed by atoms with Gasteiger partial charge in [0.15, 0.2) is 0 Å². The highest BCUT2D eigenvalue weighted by molar-refractivity contribution is 5.40. The van der Waals surface area contributed by atoms with Crippen molar-refractivity contribution >= 4 is 0 Å². The Bertz CT molecular complexity index is 595. The van der Waals surface area contributed by atoms with Crippen molar-refractivity contribution in [2.75, 3.05) is 0 Å². The van der Waals surface area contributed by atoms with Gasteiger partial charge < -0.3 is 9.84 Å². The van der Waals surface area contributed by atoms with E-state index >= 15 is 0 Å². The summed E-state index contributed by atoms with van der Waals surface area (Å²) in [5.74, 6) is 0.365. The minimum absolute atomic E-state index is 0.0950. The van der Waals surface area contributed by atoms with Gasteiger partial charge >= 0.3 is 0 Å². The summed E-state index contributed by atoms with van der Waals surface area (Å²) in [5, 5.41) is 10.4. The van der Waals surface area contributed by atoms with Crippen LogP contribution in [-0.2, 0) is 0 Å². The van der Waals surface area contributed by atoms with Crippen LogP contribution in [0.2, 0.25) is 0 Å². The second-order valence-electron chi connectivity index (χ2n) is 5.62. The molecule has 0 aliphatic heterocycles. The third-order valence-electron chi connectivity index (χ3n) is 3.32. The van der Waals surface area contributed by atoms with E-state index in [4.69, 9.17) is 4.74 Å². The molecule has 112 valence electrons. The molecule has 2 aromatic rings. The van der Waals surface area contributed by atoms with Crippen molar-refractivity contribution in [3.8, 4) is 5.75 Å². The van der Waals surface area contributed by atoms with Crippen LogP contribution >= 0.6 is 0 Å². The van der Waals surface area contributed by atoms with Crippen LogP contribution in [0.1, 0.15) is 42.2 Å². The number of hydrogen-bond donors (Lipinski definition) is 1. The summed E-state index contributed by atoms with van der Waals surface area (Å²) in [6, 6.07) is 10.4. The average molecular weight is 288 g/mol. The van der Waals surface area contributed by atoms with Gasteiger partial charge in [0.05, 0.1) is 6.10 Å². The van der Waals surface area contributed by atoms with Crippen LogP contribution in [0, 0.1) is 19.7 Å². The van der Waals surface area contributed by atoms with E-state index in [1.165, 1.54) is 6.07 Å². The fourth-order valence-electron chi connectivity index (χ4n) is 2.44. The first-order chi connectivity index (χ1) is 9.88. The lowest BCUT2D eigenvalue weighted by molar-refractivity contribution is 0.213. The Balaban J connectivity index is 2.30. The first-order valence-corrected chi connectivity index (χ1v) is 7.10. The first-order valence-electron chi connectivity index (χ1n) is 7.10. The van der Waals surface area contributed by atoms with Crippen LogP contribution in [0.25, 0.3) is 0 Å². The second-order valence-corrected chi connectivity index (χ2v) is 5.62. The molecule has 0 aliphatic rings. The van der Waals surface area contributed by atoms with Gasteiger partial charge in [-0.15, -0.1) is 0 Å². The largest absolute Gasteiger partial charge is 0.491 e. The summed E-state index contributed by atoms with van der Waals surface area (Å²) < 4.78 is 19.7. The minimum atomic E-state index is -0.973. The molecular formula is C18H21FO2. The first kappa shape index (κ1) is 15.5. The normalized spacial score (nSPS) is 12.5. The molecule has 2 aromatic carbocycles. The quantitative estimate of drug-likeness (QED) is 0.908. The molecule has 0 saturated heterocycles. The third kappa shape index (κ3) is 3.61. The van der Waals surface area contributed by atoms with E-state index in [1.54, 1.807) is 24.3 Å². The van der Waals surface area contributed by atoms with Gasteiger partial charge in [-0.2, -0.15) is 0 Å². The molecule has 1 atom stereocenters. The van der Waals surface area contributed by atoms with Crippen molar-refractivity contribution < 1.29 is 14.2 Å². The number of hydrogen-bond acceptors (Lipinski definition) is 2. The maximum absolute atomic E-state index is 14.1. The molecule has 0 saturated carbocycles. The molecule has 0 fully saturated rings. The van der Waals surface area contributed by atoms with Crippen LogP contribution in [0.4, 0.5) is 4.39 Å². The van der Waals surface area contributed by atoms with Crippen LogP contribution in [0.3, 0.4) is 0 Å². The topological polar surface area (TPSA) is 29.5 Å². The monoisotopic (exact) mass is 288 g/mol. The highest BCUT2D eigenvalue weighted by Gasteiger charge is 2.18. The highest BCUT2D eigenvalue weighted by Crippen LogP contribution is 2.29. The molecule has 0 bridgehead atoms. The van der Waals surface area contributed by atoms with E-state index in [2.05, 4.69) is 0 Å². The van der Waals surface area contributed by atoms with Crippen molar-refractivity contribution in [3.63, 3.8) is 0 Å². The smallest absolute Gasteiger partial charge is 0.129 e. The molecule has 0 radical (unpaired) electrons. The Morgan fingerprint density at radius 3 is 2.19 bits per heavy atom. The summed E-state index contributed by atoms with van der Waals surface area (Å²) >= 11 is 0. The second kappa shape index (κ2) is 6.27. The highest BCUT2D eigenvalue weighted by atomic mass is 19.1. The predicted octanol–water partition coefficient (Wildman–Crippen LogP) is 4.31. The Kier molecular flexibility index (Phi) is 4.63. The van der Waals surface area contributed by atoms with E-state index in [0.29, 0.717) is 11.1 Å². The zero-order chi connectivity index (χ0) is 15.6. The lowest BCUT2D eigenvalue weighted by Gasteiger charge is -2.17. The fourth-order valence-corrected chi connectivity index (χ4v) is 2.44. The number of rotatable bonds is 4. The van der Waals surface area contributed by atoms with Gasteiger partial charge in [0, 0.05) is 5.56 Å². The molecule has 0 amide bonds. The molecule has 0 spiro atoms. The molecule has 2 rings (SSSR count). The van der Waals surface area contributed by atoms with Gasteiger partial charge in [-0.05, 0) is 62.6 Å². The van der Waals surface area contributed by atoms with Crippen LogP contribution in [0.15, 0.2) is 36.4 Å². The molecule has 3 heteroatoms. The van der Waals surface area contributed by atoms with Gasteiger partial charge in [-0.3, -0.25) is 0 Å². The summed E-state index contributed by atoms with van der Waals surface area (Å²) in [6.45, 7) is 7.55. The molecule has 1 N–H and O–H groups in total. The third-order valence-corrected chi connectivity index (χ3v) is 3.32. The maximum Gasteiger partial charge on any atom is 0.129 e. The zero-order valence-corrected chi connectivity index (χ0v) is 12.9. The zero-order valence-electron chi connectivity index (χ0n) is 12.9. The van der Waals surface area contributed by atoms with Crippen molar-refractivity contribution in [2.24, 2.45) is 0 Å². The molecule has 21 heavy (non-hydrogen) atoms. The van der Waals surface area contributed by atoms with Crippen LogP contribution in [0.5, 0.6) is 5.75 Å². The Hall–Kier alpha value is -1.87. The van der Waals surface area contributed by atoms with Crippen LogP contribution in [-0.4, -0.2) is 11.2 Å². The van der Waals surface area contributed by atoms with Crippen molar-refractivity contribution in [2.45, 2.75) is 39.9 Å². The van der Waals surface area contributed by atoms with Gasteiger partial charge in [0.2, 0.25) is 0 Å². The molecule has 0 heterocycles. The maximum atomic E-state index is 14.1. The van der Waals surface area contributed by atoms with Crippen molar-refractivity contribution in [1.82, 2.24) is 0 Å². The number of halogens is 1. The standard InChI is InChI=1S/C18H21FO2/c1-11(2)21-15-7-5-14(6-8-15)18(20)17-13(4)9-12(3)10-16(17)19/h5-11,18,20H,1-4H3. The Labute approximate surface area is 125 Å². The van der Waals surface area contributed by atoms with Crippen molar-refractivity contribution in [1.29, 1.82) is 0 Å². The number of benzene rings is 2. The molecule has 0 aliphatic carbocycles. The number of ether oxygens (including phenoxy) is 1. The summed E-state index contributed by atoms with van der Waals surface area (Å²) in [7, 11) is 0. The number of aliphatic hydroxyl groups excluding tert-OH is 1. The van der Waals surface area contributed by atoms with Gasteiger partial charge in [-0.1, -0.05) is 18.2 Å². The van der Waals surface area contributed by atoms with E-state index in [9.17, 15) is 9.50 Å². The van der Waals surface area contributed by atoms with E-state index in [0.717, 1.165) is 16.9 Å². The van der Waals surface area contributed by atoms with E-state index in [1.807, 2.05) is 33.8 Å². The Morgan fingerprint density at radius 1 is 1.05 bits per heavy atom. The van der Waals surface area contributed by atoms with Gasteiger partial charge in [0.25, 0.3) is 0 Å².